The maximum absolute atomic E-state index is 11.5. The van der Waals surface area contributed by atoms with Crippen LogP contribution in [0, 0.1) is 0 Å². The lowest BCUT2D eigenvalue weighted by Crippen LogP contribution is -2.37. The molecule has 0 aliphatic heterocycles. The first-order valence-electron chi connectivity index (χ1n) is 12.0. The lowest BCUT2D eigenvalue weighted by Gasteiger charge is -2.25. The molecule has 0 radical (unpaired) electrons. The average Bonchev–Trinajstić information content (AvgIpc) is 2.89. The van der Waals surface area contributed by atoms with Crippen LogP contribution in [0.1, 0.15) is 15.9 Å². The molecule has 1 amide bonds. The van der Waals surface area contributed by atoms with Crippen molar-refractivity contribution in [3.63, 3.8) is 0 Å². The first-order valence-corrected chi connectivity index (χ1v) is 12.0. The van der Waals surface area contributed by atoms with Gasteiger partial charge in [0.1, 0.15) is 37.4 Å². The molecule has 4 N–H and O–H groups in total. The van der Waals surface area contributed by atoms with Crippen molar-refractivity contribution in [2.75, 3.05) is 46.6 Å². The molecule has 1 unspecified atom stereocenters. The number of nitrogens with two attached hydrogens (primary N) is 1. The van der Waals surface area contributed by atoms with Crippen LogP contribution in [0.25, 0.3) is 0 Å². The predicted molar refractivity (Wildman–Crippen MR) is 139 cm³/mol. The number of ether oxygens (including phenoxy) is 4. The number of nitrogens with zero attached hydrogens (tertiary/aromatic N) is 1. The maximum Gasteiger partial charge on any atom is 0.252 e. The summed E-state index contributed by atoms with van der Waals surface area (Å²) >= 11 is 0. The summed E-state index contributed by atoms with van der Waals surface area (Å²) in [5, 5.41) is 20.9. The second-order valence-corrected chi connectivity index (χ2v) is 8.36. The fourth-order valence-corrected chi connectivity index (χ4v) is 3.62. The number of carbonyl (C=O) groups is 1. The molecular weight excluding hydrogens is 476 g/mol. The average molecular weight is 511 g/mol. The van der Waals surface area contributed by atoms with Crippen LogP contribution in [0.3, 0.4) is 0 Å². The quantitative estimate of drug-likeness (QED) is 0.251. The molecule has 9 heteroatoms. The number of benzene rings is 3. The third-order valence-electron chi connectivity index (χ3n) is 5.47. The Bertz CT molecular complexity index is 1090. The Hall–Kier alpha value is -3.79. The van der Waals surface area contributed by atoms with Gasteiger partial charge in [-0.05, 0) is 42.0 Å². The first kappa shape index (κ1) is 27.8. The van der Waals surface area contributed by atoms with Crippen LogP contribution in [0.2, 0.25) is 0 Å². The molecule has 0 saturated heterocycles. The number of primary amides is 1. The van der Waals surface area contributed by atoms with Gasteiger partial charge in [-0.2, -0.15) is 0 Å². The molecule has 0 aliphatic rings. The molecule has 0 heterocycles. The Kier molecular flexibility index (Phi) is 11.0. The van der Waals surface area contributed by atoms with Crippen LogP contribution >= 0.6 is 0 Å². The van der Waals surface area contributed by atoms with E-state index in [2.05, 4.69) is 0 Å². The lowest BCUT2D eigenvalue weighted by molar-refractivity contribution is 0.0603. The number of aliphatic hydroxyl groups excluding tert-OH is 1. The molecule has 9 nitrogen and oxygen atoms in total. The van der Waals surface area contributed by atoms with Gasteiger partial charge in [0.2, 0.25) is 0 Å². The van der Waals surface area contributed by atoms with Gasteiger partial charge < -0.3 is 34.9 Å². The number of amides is 1. The number of para-hydroxylation sites is 1. The number of hydrogen-bond acceptors (Lipinski definition) is 8. The van der Waals surface area contributed by atoms with E-state index in [0.29, 0.717) is 44.3 Å². The van der Waals surface area contributed by atoms with Crippen molar-refractivity contribution >= 4 is 5.91 Å². The Balaban J connectivity index is 1.54. The molecule has 0 saturated carbocycles. The third-order valence-corrected chi connectivity index (χ3v) is 5.47. The number of aliphatic hydroxyl groups is 1. The van der Waals surface area contributed by atoms with Gasteiger partial charge >= 0.3 is 0 Å². The van der Waals surface area contributed by atoms with Crippen LogP contribution < -0.4 is 19.9 Å². The molecule has 0 fully saturated rings. The van der Waals surface area contributed by atoms with Crippen molar-refractivity contribution in [1.82, 2.24) is 4.90 Å². The van der Waals surface area contributed by atoms with E-state index in [4.69, 9.17) is 24.7 Å². The van der Waals surface area contributed by atoms with Gasteiger partial charge in [-0.25, -0.2) is 0 Å². The standard InChI is InChI=1S/C28H34N2O7/c1-34-16-17-35-23-10-12-24(13-11-23)37-20-22(31)19-30(18-21-6-3-2-4-7-21)14-15-36-26-9-5-8-25(27(26)32)28(29)33/h2-13,22,31-32H,14-20H2,1H3,(H2,29,33). The van der Waals surface area contributed by atoms with Gasteiger partial charge in [0, 0.05) is 26.7 Å². The molecule has 3 rings (SSSR count). The number of phenols is 1. The largest absolute Gasteiger partial charge is 0.504 e. The van der Waals surface area contributed by atoms with Gasteiger partial charge in [-0.3, -0.25) is 9.69 Å². The van der Waals surface area contributed by atoms with E-state index in [-0.39, 0.29) is 30.3 Å². The van der Waals surface area contributed by atoms with Gasteiger partial charge in [0.15, 0.2) is 11.5 Å². The molecule has 0 aliphatic carbocycles. The van der Waals surface area contributed by atoms with E-state index >= 15 is 0 Å². The first-order chi connectivity index (χ1) is 18.0. The fraction of sp³-hybridized carbons (Fsp3) is 0.321. The lowest BCUT2D eigenvalue weighted by atomic mass is 10.2. The van der Waals surface area contributed by atoms with Crippen LogP contribution in [0.15, 0.2) is 72.8 Å². The molecule has 1 atom stereocenters. The Labute approximate surface area is 216 Å². The molecule has 0 bridgehead atoms. The minimum Gasteiger partial charge on any atom is -0.504 e. The minimum absolute atomic E-state index is 0.000726. The van der Waals surface area contributed by atoms with Crippen molar-refractivity contribution in [1.29, 1.82) is 0 Å². The van der Waals surface area contributed by atoms with E-state index in [0.717, 1.165) is 5.56 Å². The van der Waals surface area contributed by atoms with Crippen LogP contribution in [-0.4, -0.2) is 73.8 Å². The molecule has 3 aromatic carbocycles. The highest BCUT2D eigenvalue weighted by Crippen LogP contribution is 2.29. The molecular formula is C28H34N2O7. The van der Waals surface area contributed by atoms with E-state index in [1.54, 1.807) is 43.5 Å². The summed E-state index contributed by atoms with van der Waals surface area (Å²) in [5.74, 6) is 0.500. The van der Waals surface area contributed by atoms with Crippen molar-refractivity contribution < 1.29 is 34.0 Å². The summed E-state index contributed by atoms with van der Waals surface area (Å²) in [4.78, 5) is 13.5. The second-order valence-electron chi connectivity index (χ2n) is 8.36. The molecule has 37 heavy (non-hydrogen) atoms. The smallest absolute Gasteiger partial charge is 0.252 e. The van der Waals surface area contributed by atoms with Gasteiger partial charge in [-0.15, -0.1) is 0 Å². The number of methoxy groups -OCH3 is 1. The van der Waals surface area contributed by atoms with Gasteiger partial charge in [0.25, 0.3) is 5.91 Å². The summed E-state index contributed by atoms with van der Waals surface area (Å²) in [7, 11) is 1.62. The Morgan fingerprint density at radius 1 is 0.892 bits per heavy atom. The Morgan fingerprint density at radius 3 is 2.27 bits per heavy atom. The van der Waals surface area contributed by atoms with E-state index < -0.39 is 12.0 Å². The second kappa shape index (κ2) is 14.7. The van der Waals surface area contributed by atoms with E-state index in [1.807, 2.05) is 35.2 Å². The highest BCUT2D eigenvalue weighted by Gasteiger charge is 2.16. The zero-order valence-electron chi connectivity index (χ0n) is 20.9. The van der Waals surface area contributed by atoms with Crippen molar-refractivity contribution in [2.45, 2.75) is 12.6 Å². The highest BCUT2D eigenvalue weighted by atomic mass is 16.5. The zero-order valence-corrected chi connectivity index (χ0v) is 20.9. The van der Waals surface area contributed by atoms with Gasteiger partial charge in [-0.1, -0.05) is 36.4 Å². The number of hydrogen-bond donors (Lipinski definition) is 3. The number of aromatic hydroxyl groups is 1. The molecule has 3 aromatic rings. The summed E-state index contributed by atoms with van der Waals surface area (Å²) in [5.41, 5.74) is 6.37. The van der Waals surface area contributed by atoms with Crippen molar-refractivity contribution in [3.05, 3.63) is 83.9 Å². The normalized spacial score (nSPS) is 11.8. The maximum atomic E-state index is 11.5. The van der Waals surface area contributed by atoms with Crippen LogP contribution in [0.4, 0.5) is 0 Å². The highest BCUT2D eigenvalue weighted by molar-refractivity contribution is 5.96. The van der Waals surface area contributed by atoms with Gasteiger partial charge in [0.05, 0.1) is 12.2 Å². The zero-order chi connectivity index (χ0) is 26.5. The molecule has 0 spiro atoms. The Morgan fingerprint density at radius 2 is 1.59 bits per heavy atom. The molecule has 198 valence electrons. The number of carbonyl (C=O) groups excluding carboxylic acids is 1. The third kappa shape index (κ3) is 9.30. The minimum atomic E-state index is -0.757. The van der Waals surface area contributed by atoms with Crippen LogP contribution in [-0.2, 0) is 11.3 Å². The fourth-order valence-electron chi connectivity index (χ4n) is 3.62. The van der Waals surface area contributed by atoms with Crippen LogP contribution in [0.5, 0.6) is 23.0 Å². The number of rotatable bonds is 16. The SMILES string of the molecule is COCCOc1ccc(OCC(O)CN(CCOc2cccc(C(N)=O)c2O)Cc2ccccc2)cc1. The van der Waals surface area contributed by atoms with E-state index in [1.165, 1.54) is 6.07 Å². The topological polar surface area (TPSA) is 124 Å². The van der Waals surface area contributed by atoms with Crippen molar-refractivity contribution in [2.24, 2.45) is 5.73 Å². The summed E-state index contributed by atoms with van der Waals surface area (Å²) in [6.07, 6.45) is -0.757. The monoisotopic (exact) mass is 510 g/mol. The summed E-state index contributed by atoms with van der Waals surface area (Å²) in [6, 6.07) is 21.7. The van der Waals surface area contributed by atoms with E-state index in [9.17, 15) is 15.0 Å². The predicted octanol–water partition coefficient (Wildman–Crippen LogP) is 2.84. The summed E-state index contributed by atoms with van der Waals surface area (Å²) in [6.45, 7) is 2.69. The molecule has 0 aromatic heterocycles. The van der Waals surface area contributed by atoms with Crippen molar-refractivity contribution in [3.8, 4) is 23.0 Å². The summed E-state index contributed by atoms with van der Waals surface area (Å²) < 4.78 is 22.0.